The summed E-state index contributed by atoms with van der Waals surface area (Å²) in [5.74, 6) is 0.952. The van der Waals surface area contributed by atoms with E-state index in [9.17, 15) is 4.21 Å². The lowest BCUT2D eigenvalue weighted by molar-refractivity contribution is 0.410. The number of nitrogens with zero attached hydrogens (tertiary/aromatic N) is 1. The number of halogens is 1. The molecule has 4 rings (SSSR count). The second-order valence-corrected chi connectivity index (χ2v) is 11.3. The summed E-state index contributed by atoms with van der Waals surface area (Å²) in [6.07, 6.45) is 0.981. The Morgan fingerprint density at radius 2 is 2.03 bits per heavy atom. The van der Waals surface area contributed by atoms with E-state index < -0.39 is 10.8 Å². The molecule has 0 bridgehead atoms. The molecule has 1 unspecified atom stereocenters. The van der Waals surface area contributed by atoms with Crippen LogP contribution in [0.4, 0.5) is 11.4 Å². The predicted molar refractivity (Wildman–Crippen MR) is 127 cm³/mol. The molecule has 1 aliphatic heterocycles. The Morgan fingerprint density at radius 1 is 1.21 bits per heavy atom. The maximum absolute atomic E-state index is 13.1. The number of methoxy groups -OCH3 is 1. The van der Waals surface area contributed by atoms with Gasteiger partial charge in [0.1, 0.15) is 9.96 Å². The molecule has 0 fully saturated rings. The zero-order valence-corrected chi connectivity index (χ0v) is 20.6. The lowest BCUT2D eigenvalue weighted by Crippen LogP contribution is -2.28. The van der Waals surface area contributed by atoms with Gasteiger partial charge in [-0.15, -0.1) is 22.7 Å². The van der Waals surface area contributed by atoms with Crippen molar-refractivity contribution in [3.63, 3.8) is 0 Å². The zero-order valence-electron chi connectivity index (χ0n) is 16.6. The Morgan fingerprint density at radius 3 is 2.83 bits per heavy atom. The molecule has 0 aliphatic carbocycles. The maximum Gasteiger partial charge on any atom is 0.134 e. The van der Waals surface area contributed by atoms with E-state index in [0.717, 1.165) is 56.8 Å². The smallest absolute Gasteiger partial charge is 0.134 e. The van der Waals surface area contributed by atoms with Crippen LogP contribution in [0, 0.1) is 13.8 Å². The molecule has 1 aliphatic rings. The van der Waals surface area contributed by atoms with Crippen molar-refractivity contribution < 1.29 is 8.95 Å². The molecule has 1 aromatic carbocycles. The summed E-state index contributed by atoms with van der Waals surface area (Å²) in [4.78, 5) is 4.49. The molecule has 29 heavy (non-hydrogen) atoms. The minimum absolute atomic E-state index is 0.812. The normalized spacial score (nSPS) is 15.3. The van der Waals surface area contributed by atoms with Gasteiger partial charge in [0.05, 0.1) is 43.5 Å². The van der Waals surface area contributed by atoms with E-state index in [4.69, 9.17) is 4.74 Å². The van der Waals surface area contributed by atoms with E-state index in [0.29, 0.717) is 0 Å². The van der Waals surface area contributed by atoms with Crippen LogP contribution in [-0.4, -0.2) is 24.4 Å². The topological polar surface area (TPSA) is 41.6 Å². The number of rotatable bonds is 7. The summed E-state index contributed by atoms with van der Waals surface area (Å²) in [5.41, 5.74) is 4.60. The van der Waals surface area contributed by atoms with Gasteiger partial charge in [-0.1, -0.05) is 6.07 Å². The molecule has 0 saturated heterocycles. The molecular weight excluding hydrogens is 488 g/mol. The highest BCUT2D eigenvalue weighted by molar-refractivity contribution is 9.10. The number of thiophene rings is 2. The Labute approximate surface area is 190 Å². The van der Waals surface area contributed by atoms with Gasteiger partial charge in [-0.2, -0.15) is 0 Å². The van der Waals surface area contributed by atoms with Crippen molar-refractivity contribution in [3.8, 4) is 5.75 Å². The third-order valence-electron chi connectivity index (χ3n) is 5.21. The van der Waals surface area contributed by atoms with Crippen LogP contribution < -0.4 is 15.0 Å². The summed E-state index contributed by atoms with van der Waals surface area (Å²) >= 11 is 6.96. The summed E-state index contributed by atoms with van der Waals surface area (Å²) in [5, 5.41) is 7.63. The molecule has 0 spiro atoms. The molecule has 154 valence electrons. The third-order valence-corrected chi connectivity index (χ3v) is 9.78. The molecule has 0 amide bonds. The van der Waals surface area contributed by atoms with Crippen LogP contribution in [-0.2, 0) is 17.3 Å². The van der Waals surface area contributed by atoms with Gasteiger partial charge in [0.15, 0.2) is 0 Å². The highest BCUT2D eigenvalue weighted by atomic mass is 79.9. The van der Waals surface area contributed by atoms with E-state index in [2.05, 4.69) is 51.4 Å². The predicted octanol–water partition coefficient (Wildman–Crippen LogP) is 6.00. The Balaban J connectivity index is 1.51. The van der Waals surface area contributed by atoms with Gasteiger partial charge in [-0.25, -0.2) is 4.21 Å². The largest absolute Gasteiger partial charge is 0.496 e. The molecule has 3 heterocycles. The summed E-state index contributed by atoms with van der Waals surface area (Å²) in [6.45, 7) is 6.83. The molecular formula is C21H23BrN2O2S3. The highest BCUT2D eigenvalue weighted by Gasteiger charge is 2.32. The van der Waals surface area contributed by atoms with Gasteiger partial charge in [0, 0.05) is 18.5 Å². The van der Waals surface area contributed by atoms with Crippen molar-refractivity contribution >= 4 is 60.8 Å². The first-order valence-corrected chi connectivity index (χ1v) is 13.1. The quantitative estimate of drug-likeness (QED) is 0.396. The number of fused-ring (bicyclic) bond motifs is 2. The second-order valence-electron chi connectivity index (χ2n) is 6.94. The lowest BCUT2D eigenvalue weighted by atomic mass is 10.1. The Bertz CT molecular complexity index is 1060. The van der Waals surface area contributed by atoms with Crippen molar-refractivity contribution in [1.82, 2.24) is 5.32 Å². The van der Waals surface area contributed by atoms with Gasteiger partial charge in [0.25, 0.3) is 0 Å². The van der Waals surface area contributed by atoms with Crippen LogP contribution in [0.1, 0.15) is 22.4 Å². The summed E-state index contributed by atoms with van der Waals surface area (Å²) < 4.78 is 20.5. The van der Waals surface area contributed by atoms with E-state index in [-0.39, 0.29) is 0 Å². The van der Waals surface area contributed by atoms with Gasteiger partial charge >= 0.3 is 0 Å². The van der Waals surface area contributed by atoms with E-state index in [1.165, 1.54) is 16.0 Å². The summed E-state index contributed by atoms with van der Waals surface area (Å²) in [6, 6.07) is 6.11. The molecule has 1 atom stereocenters. The molecule has 0 radical (unpaired) electrons. The fourth-order valence-electron chi connectivity index (χ4n) is 3.59. The maximum atomic E-state index is 13.1. The molecule has 3 aromatic rings. The highest BCUT2D eigenvalue weighted by Crippen LogP contribution is 2.50. The number of ether oxygens (including phenoxy) is 1. The number of hydrogen-bond donors (Lipinski definition) is 1. The molecule has 8 heteroatoms. The molecule has 2 aromatic heterocycles. The van der Waals surface area contributed by atoms with E-state index in [1.54, 1.807) is 29.8 Å². The second kappa shape index (κ2) is 8.89. The summed E-state index contributed by atoms with van der Waals surface area (Å²) in [7, 11) is 0.589. The monoisotopic (exact) mass is 510 g/mol. The van der Waals surface area contributed by atoms with Crippen molar-refractivity contribution in [2.45, 2.75) is 35.9 Å². The van der Waals surface area contributed by atoms with Crippen LogP contribution in [0.15, 0.2) is 42.5 Å². The first kappa shape index (κ1) is 21.1. The van der Waals surface area contributed by atoms with Crippen molar-refractivity contribution in [3.05, 3.63) is 49.4 Å². The molecule has 4 nitrogen and oxygen atoms in total. The molecule has 1 N–H and O–H groups in total. The average molecular weight is 512 g/mol. The Kier molecular flexibility index (Phi) is 6.46. The number of hydrogen-bond acceptors (Lipinski definition) is 6. The van der Waals surface area contributed by atoms with Gasteiger partial charge in [-0.05, 0) is 71.4 Å². The minimum atomic E-state index is -1.12. The van der Waals surface area contributed by atoms with Gasteiger partial charge < -0.3 is 15.0 Å². The first-order chi connectivity index (χ1) is 14.0. The average Bonchev–Trinajstić information content (AvgIpc) is 3.33. The molecule has 0 saturated carbocycles. The zero-order chi connectivity index (χ0) is 20.5. The SMILES string of the molecule is COc1ccsc1CNCCCN1c2c(Br)csc2S(=O)c2ccc(C)c(C)c21. The van der Waals surface area contributed by atoms with Gasteiger partial charge in [0.2, 0.25) is 0 Å². The Hall–Kier alpha value is -1.19. The van der Waals surface area contributed by atoms with Crippen LogP contribution in [0.2, 0.25) is 0 Å². The fraction of sp³-hybridized carbons (Fsp3) is 0.333. The number of benzene rings is 1. The van der Waals surface area contributed by atoms with Crippen LogP contribution in [0.5, 0.6) is 5.75 Å². The number of anilines is 2. The van der Waals surface area contributed by atoms with Crippen LogP contribution in [0.25, 0.3) is 0 Å². The first-order valence-electron chi connectivity index (χ1n) is 9.40. The standard InChI is InChI=1S/C21H23BrN2O2S3/c1-13-5-6-18-19(14(13)2)24(20-15(22)12-28-21(20)29(18)25)9-4-8-23-11-17-16(26-3)7-10-27-17/h5-7,10,12,23H,4,8-9,11H2,1-3H3. The minimum Gasteiger partial charge on any atom is -0.496 e. The van der Waals surface area contributed by atoms with Crippen molar-refractivity contribution in [1.29, 1.82) is 0 Å². The van der Waals surface area contributed by atoms with Crippen molar-refractivity contribution in [2.75, 3.05) is 25.1 Å². The van der Waals surface area contributed by atoms with E-state index in [1.807, 2.05) is 17.5 Å². The number of nitrogens with one attached hydrogen (secondary N) is 1. The lowest BCUT2D eigenvalue weighted by Gasteiger charge is -2.33. The van der Waals surface area contributed by atoms with Crippen LogP contribution >= 0.6 is 38.6 Å². The van der Waals surface area contributed by atoms with Gasteiger partial charge in [-0.3, -0.25) is 0 Å². The third kappa shape index (κ3) is 3.93. The van der Waals surface area contributed by atoms with Crippen LogP contribution in [0.3, 0.4) is 0 Å². The fourth-order valence-corrected chi connectivity index (χ4v) is 7.99. The van der Waals surface area contributed by atoms with E-state index >= 15 is 0 Å². The number of aryl methyl sites for hydroxylation is 1. The van der Waals surface area contributed by atoms with Crippen molar-refractivity contribution in [2.24, 2.45) is 0 Å².